The standard InChI is InChI=1S/C13H9BrFN3/c14-9-2-4-13(11(17)6-9)18-12-3-1-8(7-16)5-10(12)15/h1-6,18H,17H2. The molecule has 0 aliphatic carbocycles. The predicted molar refractivity (Wildman–Crippen MR) is 73.0 cm³/mol. The third-order valence-electron chi connectivity index (χ3n) is 2.38. The minimum Gasteiger partial charge on any atom is -0.397 e. The summed E-state index contributed by atoms with van der Waals surface area (Å²) in [6.07, 6.45) is 0. The summed E-state index contributed by atoms with van der Waals surface area (Å²) in [4.78, 5) is 0. The molecule has 5 heteroatoms. The number of nitriles is 1. The number of nitrogen functional groups attached to an aromatic ring is 1. The lowest BCUT2D eigenvalue weighted by Gasteiger charge is -2.10. The van der Waals surface area contributed by atoms with E-state index in [1.165, 1.54) is 12.1 Å². The Bertz CT molecular complexity index is 635. The van der Waals surface area contributed by atoms with Gasteiger partial charge in [0, 0.05) is 4.47 Å². The summed E-state index contributed by atoms with van der Waals surface area (Å²) in [5.41, 5.74) is 7.49. The van der Waals surface area contributed by atoms with Crippen molar-refractivity contribution >= 4 is 33.0 Å². The number of hydrogen-bond donors (Lipinski definition) is 2. The van der Waals surface area contributed by atoms with Crippen molar-refractivity contribution in [2.45, 2.75) is 0 Å². The zero-order chi connectivity index (χ0) is 13.1. The van der Waals surface area contributed by atoms with Crippen molar-refractivity contribution in [3.8, 4) is 6.07 Å². The van der Waals surface area contributed by atoms with E-state index in [9.17, 15) is 4.39 Å². The smallest absolute Gasteiger partial charge is 0.147 e. The zero-order valence-electron chi connectivity index (χ0n) is 9.24. The molecule has 0 atom stereocenters. The van der Waals surface area contributed by atoms with Gasteiger partial charge in [-0.2, -0.15) is 5.26 Å². The molecule has 2 aromatic rings. The first-order valence-corrected chi connectivity index (χ1v) is 5.91. The monoisotopic (exact) mass is 305 g/mol. The van der Waals surface area contributed by atoms with Gasteiger partial charge in [0.2, 0.25) is 0 Å². The van der Waals surface area contributed by atoms with Crippen LogP contribution in [-0.4, -0.2) is 0 Å². The van der Waals surface area contributed by atoms with E-state index >= 15 is 0 Å². The fourth-order valence-electron chi connectivity index (χ4n) is 1.48. The number of nitrogens with zero attached hydrogens (tertiary/aromatic N) is 1. The summed E-state index contributed by atoms with van der Waals surface area (Å²) in [6.45, 7) is 0. The average molecular weight is 306 g/mol. The van der Waals surface area contributed by atoms with Crippen molar-refractivity contribution in [3.63, 3.8) is 0 Å². The Hall–Kier alpha value is -2.06. The maximum Gasteiger partial charge on any atom is 0.147 e. The normalized spacial score (nSPS) is 9.83. The van der Waals surface area contributed by atoms with Gasteiger partial charge >= 0.3 is 0 Å². The molecule has 0 heterocycles. The van der Waals surface area contributed by atoms with Crippen molar-refractivity contribution in [1.82, 2.24) is 0 Å². The largest absolute Gasteiger partial charge is 0.397 e. The second-order valence-corrected chi connectivity index (χ2v) is 4.58. The van der Waals surface area contributed by atoms with Gasteiger partial charge in [0.25, 0.3) is 0 Å². The van der Waals surface area contributed by atoms with Crippen LogP contribution < -0.4 is 11.1 Å². The lowest BCUT2D eigenvalue weighted by molar-refractivity contribution is 0.631. The fourth-order valence-corrected chi connectivity index (χ4v) is 1.86. The van der Waals surface area contributed by atoms with Crippen LogP contribution in [0.2, 0.25) is 0 Å². The maximum atomic E-state index is 13.7. The molecule has 0 aromatic heterocycles. The molecule has 3 N–H and O–H groups in total. The Labute approximate surface area is 112 Å². The van der Waals surface area contributed by atoms with Gasteiger partial charge in [-0.05, 0) is 36.4 Å². The van der Waals surface area contributed by atoms with Crippen LogP contribution >= 0.6 is 15.9 Å². The predicted octanol–water partition coefficient (Wildman–Crippen LogP) is 3.79. The zero-order valence-corrected chi connectivity index (χ0v) is 10.8. The lowest BCUT2D eigenvalue weighted by Crippen LogP contribution is -1.98. The van der Waals surface area contributed by atoms with Gasteiger partial charge in [0.1, 0.15) is 5.82 Å². The molecule has 18 heavy (non-hydrogen) atoms. The molecule has 0 aliphatic rings. The van der Waals surface area contributed by atoms with E-state index in [0.717, 1.165) is 4.47 Å². The minimum absolute atomic E-state index is 0.279. The van der Waals surface area contributed by atoms with E-state index in [-0.39, 0.29) is 11.3 Å². The summed E-state index contributed by atoms with van der Waals surface area (Å²) >= 11 is 3.30. The number of halogens is 2. The van der Waals surface area contributed by atoms with Crippen LogP contribution in [-0.2, 0) is 0 Å². The molecule has 0 aliphatic heterocycles. The first-order valence-electron chi connectivity index (χ1n) is 5.12. The molecule has 0 radical (unpaired) electrons. The van der Waals surface area contributed by atoms with E-state index in [1.807, 2.05) is 6.07 Å². The van der Waals surface area contributed by atoms with E-state index in [4.69, 9.17) is 11.0 Å². The van der Waals surface area contributed by atoms with Crippen LogP contribution in [0.5, 0.6) is 0 Å². The van der Waals surface area contributed by atoms with Crippen LogP contribution in [0.3, 0.4) is 0 Å². The SMILES string of the molecule is N#Cc1ccc(Nc2ccc(Br)cc2N)c(F)c1. The number of nitrogens with two attached hydrogens (primary N) is 1. The summed E-state index contributed by atoms with van der Waals surface area (Å²) < 4.78 is 14.5. The molecule has 90 valence electrons. The summed E-state index contributed by atoms with van der Waals surface area (Å²) in [5.74, 6) is -0.489. The first-order chi connectivity index (χ1) is 8.60. The van der Waals surface area contributed by atoms with E-state index in [0.29, 0.717) is 11.4 Å². The highest BCUT2D eigenvalue weighted by Crippen LogP contribution is 2.27. The van der Waals surface area contributed by atoms with Gasteiger partial charge in [0.05, 0.1) is 28.7 Å². The third-order valence-corrected chi connectivity index (χ3v) is 2.87. The Morgan fingerprint density at radius 3 is 2.50 bits per heavy atom. The second kappa shape index (κ2) is 5.07. The molecule has 0 saturated carbocycles. The molecule has 0 unspecified atom stereocenters. The van der Waals surface area contributed by atoms with E-state index in [1.54, 1.807) is 24.3 Å². The van der Waals surface area contributed by atoms with Crippen LogP contribution in [0, 0.1) is 17.1 Å². The summed E-state index contributed by atoms with van der Waals surface area (Å²) in [7, 11) is 0. The molecule has 0 fully saturated rings. The molecular formula is C13H9BrFN3. The Kier molecular flexibility index (Phi) is 3.49. The Morgan fingerprint density at radius 1 is 1.17 bits per heavy atom. The number of nitrogens with one attached hydrogen (secondary N) is 1. The van der Waals surface area contributed by atoms with Crippen molar-refractivity contribution in [1.29, 1.82) is 5.26 Å². The number of anilines is 3. The highest BCUT2D eigenvalue weighted by Gasteiger charge is 2.06. The van der Waals surface area contributed by atoms with Crippen LogP contribution in [0.25, 0.3) is 0 Å². The van der Waals surface area contributed by atoms with Crippen molar-refractivity contribution in [2.24, 2.45) is 0 Å². The number of hydrogen-bond acceptors (Lipinski definition) is 3. The van der Waals surface area contributed by atoms with Crippen LogP contribution in [0.1, 0.15) is 5.56 Å². The maximum absolute atomic E-state index is 13.7. The first kappa shape index (κ1) is 12.4. The summed E-state index contributed by atoms with van der Waals surface area (Å²) in [6, 6.07) is 11.4. The molecule has 0 saturated heterocycles. The lowest BCUT2D eigenvalue weighted by atomic mass is 10.2. The Balaban J connectivity index is 2.32. The third kappa shape index (κ3) is 2.60. The van der Waals surface area contributed by atoms with Gasteiger partial charge in [-0.25, -0.2) is 4.39 Å². The summed E-state index contributed by atoms with van der Waals surface area (Å²) in [5, 5.41) is 11.5. The number of rotatable bonds is 2. The average Bonchev–Trinajstić information content (AvgIpc) is 2.34. The molecule has 3 nitrogen and oxygen atoms in total. The van der Waals surface area contributed by atoms with Gasteiger partial charge < -0.3 is 11.1 Å². The van der Waals surface area contributed by atoms with Gasteiger partial charge in [-0.1, -0.05) is 15.9 Å². The molecule has 0 amide bonds. The molecule has 2 rings (SSSR count). The fraction of sp³-hybridized carbons (Fsp3) is 0. The molecular weight excluding hydrogens is 297 g/mol. The highest BCUT2D eigenvalue weighted by molar-refractivity contribution is 9.10. The molecule has 0 bridgehead atoms. The van der Waals surface area contributed by atoms with E-state index in [2.05, 4.69) is 21.2 Å². The van der Waals surface area contributed by atoms with Gasteiger partial charge in [0.15, 0.2) is 0 Å². The van der Waals surface area contributed by atoms with E-state index < -0.39 is 5.82 Å². The van der Waals surface area contributed by atoms with Gasteiger partial charge in [-0.3, -0.25) is 0 Å². The van der Waals surface area contributed by atoms with Crippen molar-refractivity contribution in [3.05, 3.63) is 52.3 Å². The Morgan fingerprint density at radius 2 is 1.89 bits per heavy atom. The van der Waals surface area contributed by atoms with Gasteiger partial charge in [-0.15, -0.1) is 0 Å². The molecule has 0 spiro atoms. The quantitative estimate of drug-likeness (QED) is 0.830. The van der Waals surface area contributed by atoms with Crippen LogP contribution in [0.4, 0.5) is 21.5 Å². The van der Waals surface area contributed by atoms with Crippen LogP contribution in [0.15, 0.2) is 40.9 Å². The highest BCUT2D eigenvalue weighted by atomic mass is 79.9. The van der Waals surface area contributed by atoms with Crippen molar-refractivity contribution in [2.75, 3.05) is 11.1 Å². The molecule has 2 aromatic carbocycles. The second-order valence-electron chi connectivity index (χ2n) is 3.66. The van der Waals surface area contributed by atoms with Crippen molar-refractivity contribution < 1.29 is 4.39 Å². The minimum atomic E-state index is -0.489. The topological polar surface area (TPSA) is 61.8 Å². The number of benzene rings is 2.